The lowest BCUT2D eigenvalue weighted by Crippen LogP contribution is -2.39. The topological polar surface area (TPSA) is 70.5 Å². The zero-order chi connectivity index (χ0) is 17.4. The highest BCUT2D eigenvalue weighted by Crippen LogP contribution is 2.42. The third-order valence-electron chi connectivity index (χ3n) is 5.05. The van der Waals surface area contributed by atoms with E-state index in [1.54, 1.807) is 0 Å². The average molecular weight is 340 g/mol. The van der Waals surface area contributed by atoms with Gasteiger partial charge in [-0.15, -0.1) is 10.2 Å². The van der Waals surface area contributed by atoms with E-state index in [2.05, 4.69) is 27.5 Å². The lowest BCUT2D eigenvalue weighted by molar-refractivity contribution is 0.260. The van der Waals surface area contributed by atoms with E-state index in [4.69, 9.17) is 4.74 Å². The Labute approximate surface area is 147 Å². The van der Waals surface area contributed by atoms with Crippen LogP contribution in [0.4, 0.5) is 5.82 Å². The number of ether oxygens (including phenoxy) is 1. The molecule has 1 aromatic heterocycles. The van der Waals surface area contributed by atoms with E-state index < -0.39 is 0 Å². The monoisotopic (exact) mass is 340 g/mol. The number of anilines is 1. The first-order valence-electron chi connectivity index (χ1n) is 8.89. The molecule has 0 aliphatic carbocycles. The van der Waals surface area contributed by atoms with Crippen molar-refractivity contribution in [3.63, 3.8) is 0 Å². The molecule has 0 radical (unpaired) electrons. The lowest BCUT2D eigenvalue weighted by Gasteiger charge is -2.30. The van der Waals surface area contributed by atoms with Crippen molar-refractivity contribution in [3.05, 3.63) is 29.3 Å². The summed E-state index contributed by atoms with van der Waals surface area (Å²) in [6, 6.07) is 6.32. The molecule has 132 valence electrons. The molecular formula is C19H24N4O2. The number of phenols is 1. The van der Waals surface area contributed by atoms with Crippen molar-refractivity contribution in [1.82, 2.24) is 15.1 Å². The van der Waals surface area contributed by atoms with Crippen LogP contribution in [0.15, 0.2) is 18.2 Å². The first kappa shape index (κ1) is 16.1. The van der Waals surface area contributed by atoms with Crippen molar-refractivity contribution < 1.29 is 9.84 Å². The number of aryl methyl sites for hydroxylation is 1. The molecule has 0 unspecified atom stereocenters. The van der Waals surface area contributed by atoms with Crippen LogP contribution in [-0.4, -0.2) is 53.0 Å². The fourth-order valence-electron chi connectivity index (χ4n) is 3.74. The van der Waals surface area contributed by atoms with Crippen LogP contribution < -0.4 is 10.1 Å². The number of nitrogens with one attached hydrogen (secondary N) is 1. The molecule has 6 heteroatoms. The number of hydrogen-bond acceptors (Lipinski definition) is 6. The van der Waals surface area contributed by atoms with E-state index in [1.165, 1.54) is 6.42 Å². The van der Waals surface area contributed by atoms with Crippen LogP contribution in [0.1, 0.15) is 24.0 Å². The molecule has 1 aromatic carbocycles. The van der Waals surface area contributed by atoms with Crippen LogP contribution >= 0.6 is 0 Å². The van der Waals surface area contributed by atoms with Crippen molar-refractivity contribution in [2.75, 3.05) is 32.1 Å². The van der Waals surface area contributed by atoms with Crippen LogP contribution in [0, 0.1) is 6.92 Å². The Kier molecular flexibility index (Phi) is 4.21. The second-order valence-corrected chi connectivity index (χ2v) is 7.06. The summed E-state index contributed by atoms with van der Waals surface area (Å²) < 4.78 is 5.55. The molecule has 2 aliphatic heterocycles. The van der Waals surface area contributed by atoms with Crippen LogP contribution in [0.25, 0.3) is 11.3 Å². The Morgan fingerprint density at radius 2 is 2.20 bits per heavy atom. The maximum absolute atomic E-state index is 10.5. The number of hydrogen-bond donors (Lipinski definition) is 2. The number of phenolic OH excluding ortho intramolecular Hbond substituents is 1. The van der Waals surface area contributed by atoms with Gasteiger partial charge in [-0.1, -0.05) is 6.07 Å². The molecule has 0 amide bonds. The van der Waals surface area contributed by atoms with Crippen molar-refractivity contribution >= 4 is 5.82 Å². The number of rotatable bonds is 3. The Bertz CT molecular complexity index is 793. The van der Waals surface area contributed by atoms with Crippen LogP contribution in [0.2, 0.25) is 0 Å². The van der Waals surface area contributed by atoms with E-state index in [0.29, 0.717) is 29.7 Å². The van der Waals surface area contributed by atoms with E-state index in [1.807, 2.05) is 25.1 Å². The highest BCUT2D eigenvalue weighted by atomic mass is 16.5. The second-order valence-electron chi connectivity index (χ2n) is 7.06. The van der Waals surface area contributed by atoms with Crippen LogP contribution in [0.3, 0.4) is 0 Å². The molecule has 1 saturated heterocycles. The van der Waals surface area contributed by atoms with E-state index >= 15 is 0 Å². The average Bonchev–Trinajstić information content (AvgIpc) is 3.06. The van der Waals surface area contributed by atoms with Gasteiger partial charge in [0.1, 0.15) is 5.82 Å². The minimum Gasteiger partial charge on any atom is -0.504 e. The quantitative estimate of drug-likeness (QED) is 0.895. The number of piperidine rings is 1. The second kappa shape index (κ2) is 6.52. The first-order valence-corrected chi connectivity index (χ1v) is 8.89. The maximum Gasteiger partial charge on any atom is 0.167 e. The number of fused-ring (bicyclic) bond motifs is 1. The summed E-state index contributed by atoms with van der Waals surface area (Å²) in [5.74, 6) is 1.55. The maximum atomic E-state index is 10.5. The third kappa shape index (κ3) is 3.14. The number of likely N-dealkylation sites (tertiary alicyclic amines) is 1. The molecule has 0 saturated carbocycles. The van der Waals surface area contributed by atoms with E-state index in [0.717, 1.165) is 42.9 Å². The Morgan fingerprint density at radius 1 is 1.32 bits per heavy atom. The zero-order valence-corrected chi connectivity index (χ0v) is 14.7. The number of likely N-dealkylation sites (N-methyl/N-ethyl adjacent to an activating group) is 1. The normalized spacial score (nSPS) is 20.2. The largest absolute Gasteiger partial charge is 0.504 e. The standard InChI is InChI=1S/C19H24N4O2/c1-12-10-16(20-14-4-3-8-23(2)11-14)21-22-17(12)15-6-5-13-7-9-25-19(13)18(15)24/h5-6,10,14,24H,3-4,7-9,11H2,1-2H3,(H,20,21)/t14-/m1/s1. The van der Waals surface area contributed by atoms with Crippen LogP contribution in [-0.2, 0) is 6.42 Å². The van der Waals surface area contributed by atoms with Gasteiger partial charge in [-0.05, 0) is 51.1 Å². The number of aromatic hydroxyl groups is 1. The highest BCUT2D eigenvalue weighted by Gasteiger charge is 2.22. The van der Waals surface area contributed by atoms with Crippen molar-refractivity contribution in [2.24, 2.45) is 0 Å². The molecule has 25 heavy (non-hydrogen) atoms. The lowest BCUT2D eigenvalue weighted by atomic mass is 10.0. The first-order chi connectivity index (χ1) is 12.1. The molecular weight excluding hydrogens is 316 g/mol. The van der Waals surface area contributed by atoms with E-state index in [9.17, 15) is 5.11 Å². The molecule has 0 spiro atoms. The van der Waals surface area contributed by atoms with Gasteiger partial charge >= 0.3 is 0 Å². The Balaban J connectivity index is 1.58. The van der Waals surface area contributed by atoms with E-state index in [-0.39, 0.29) is 5.75 Å². The fourth-order valence-corrected chi connectivity index (χ4v) is 3.74. The van der Waals surface area contributed by atoms with Gasteiger partial charge in [-0.25, -0.2) is 0 Å². The number of benzene rings is 1. The Hall–Kier alpha value is -2.34. The van der Waals surface area contributed by atoms with Gasteiger partial charge in [0, 0.05) is 30.1 Å². The van der Waals surface area contributed by atoms with Gasteiger partial charge in [0.2, 0.25) is 0 Å². The minimum atomic E-state index is 0.169. The predicted molar refractivity (Wildman–Crippen MR) is 97.2 cm³/mol. The molecule has 2 aliphatic rings. The van der Waals surface area contributed by atoms with Gasteiger partial charge in [0.25, 0.3) is 0 Å². The summed E-state index contributed by atoms with van der Waals surface area (Å²) >= 11 is 0. The van der Waals surface area contributed by atoms with Crippen LogP contribution in [0.5, 0.6) is 11.5 Å². The van der Waals surface area contributed by atoms with Crippen molar-refractivity contribution in [2.45, 2.75) is 32.2 Å². The summed E-state index contributed by atoms with van der Waals surface area (Å²) in [6.45, 7) is 4.79. The highest BCUT2D eigenvalue weighted by molar-refractivity contribution is 5.74. The summed E-state index contributed by atoms with van der Waals surface area (Å²) in [6.07, 6.45) is 3.18. The van der Waals surface area contributed by atoms with Gasteiger partial charge in [-0.3, -0.25) is 0 Å². The minimum absolute atomic E-state index is 0.169. The summed E-state index contributed by atoms with van der Waals surface area (Å²) in [5, 5.41) is 22.7. The van der Waals surface area contributed by atoms with Gasteiger partial charge in [0.05, 0.1) is 12.3 Å². The van der Waals surface area contributed by atoms with Gasteiger partial charge < -0.3 is 20.1 Å². The third-order valence-corrected chi connectivity index (χ3v) is 5.05. The molecule has 1 fully saturated rings. The smallest absolute Gasteiger partial charge is 0.167 e. The van der Waals surface area contributed by atoms with Crippen molar-refractivity contribution in [1.29, 1.82) is 0 Å². The molecule has 4 rings (SSSR count). The SMILES string of the molecule is Cc1cc(N[C@@H]2CCCN(C)C2)nnc1-c1ccc2c(c1O)OCC2. The summed E-state index contributed by atoms with van der Waals surface area (Å²) in [4.78, 5) is 2.33. The van der Waals surface area contributed by atoms with Gasteiger partial charge in [0.15, 0.2) is 11.5 Å². The Morgan fingerprint density at radius 3 is 3.00 bits per heavy atom. The molecule has 6 nitrogen and oxygen atoms in total. The molecule has 1 atom stereocenters. The van der Waals surface area contributed by atoms with Crippen molar-refractivity contribution in [3.8, 4) is 22.8 Å². The fraction of sp³-hybridized carbons (Fsp3) is 0.474. The molecule has 2 N–H and O–H groups in total. The number of aromatic nitrogens is 2. The zero-order valence-electron chi connectivity index (χ0n) is 14.7. The molecule has 2 aromatic rings. The van der Waals surface area contributed by atoms with Gasteiger partial charge in [-0.2, -0.15) is 0 Å². The molecule has 0 bridgehead atoms. The summed E-state index contributed by atoms with van der Waals surface area (Å²) in [7, 11) is 2.15. The predicted octanol–water partition coefficient (Wildman–Crippen LogP) is 2.60. The number of nitrogens with zero attached hydrogens (tertiary/aromatic N) is 3. The molecule has 3 heterocycles. The summed E-state index contributed by atoms with van der Waals surface area (Å²) in [5.41, 5.74) is 3.40.